The van der Waals surface area contributed by atoms with E-state index in [-0.39, 0.29) is 33.8 Å². The Bertz CT molecular complexity index is 521. The minimum absolute atomic E-state index is 0.0475. The summed E-state index contributed by atoms with van der Waals surface area (Å²) in [5.74, 6) is -1.09. The van der Waals surface area contributed by atoms with Gasteiger partial charge in [0.25, 0.3) is 5.91 Å². The lowest BCUT2D eigenvalue weighted by atomic mass is 10.2. The van der Waals surface area contributed by atoms with Crippen LogP contribution in [0.4, 0.5) is 5.69 Å². The third kappa shape index (κ3) is 5.81. The van der Waals surface area contributed by atoms with Gasteiger partial charge in [0, 0.05) is 11.6 Å². The van der Waals surface area contributed by atoms with Crippen molar-refractivity contribution in [1.29, 1.82) is 0 Å². The lowest BCUT2D eigenvalue weighted by Crippen LogP contribution is -2.29. The first-order chi connectivity index (χ1) is 9.95. The van der Waals surface area contributed by atoms with Gasteiger partial charge < -0.3 is 15.8 Å². The number of amides is 1. The number of hydrogen-bond acceptors (Lipinski definition) is 4. The molecule has 1 aromatic rings. The summed E-state index contributed by atoms with van der Waals surface area (Å²) in [5.41, 5.74) is 5.81. The van der Waals surface area contributed by atoms with Crippen molar-refractivity contribution in [2.75, 3.05) is 18.9 Å². The number of rotatable bonds is 7. The molecule has 0 saturated carbocycles. The van der Waals surface area contributed by atoms with Crippen LogP contribution in [0.5, 0.6) is 0 Å². The Morgan fingerprint density at radius 1 is 1.29 bits per heavy atom. The molecule has 0 saturated heterocycles. The average molecular weight is 333 g/mol. The Labute approximate surface area is 133 Å². The second-order valence-electron chi connectivity index (χ2n) is 4.48. The molecule has 0 bridgehead atoms. The summed E-state index contributed by atoms with van der Waals surface area (Å²) in [6.45, 7) is 2.27. The number of carbonyl (C=O) groups is 2. The molecule has 116 valence electrons. The van der Waals surface area contributed by atoms with Crippen LogP contribution < -0.4 is 11.1 Å². The highest BCUT2D eigenvalue weighted by molar-refractivity contribution is 6.37. The smallest absolute Gasteiger partial charge is 0.340 e. The van der Waals surface area contributed by atoms with Crippen molar-refractivity contribution in [3.05, 3.63) is 27.7 Å². The second-order valence-corrected chi connectivity index (χ2v) is 5.33. The van der Waals surface area contributed by atoms with Crippen LogP contribution in [0, 0.1) is 0 Å². The Kier molecular flexibility index (Phi) is 7.32. The molecule has 0 spiro atoms. The number of nitrogens with two attached hydrogens (primary N) is 1. The van der Waals surface area contributed by atoms with Crippen LogP contribution in [-0.2, 0) is 9.53 Å². The monoisotopic (exact) mass is 332 g/mol. The van der Waals surface area contributed by atoms with E-state index in [1.807, 2.05) is 0 Å². The largest absolute Gasteiger partial charge is 0.452 e. The molecule has 0 fully saturated rings. The number of hydrogen-bond donors (Lipinski definition) is 2. The third-order valence-corrected chi connectivity index (χ3v) is 3.28. The first-order valence-electron chi connectivity index (χ1n) is 6.64. The topological polar surface area (TPSA) is 81.4 Å². The minimum atomic E-state index is -0.736. The van der Waals surface area contributed by atoms with Gasteiger partial charge in [-0.1, -0.05) is 43.0 Å². The molecule has 3 N–H and O–H groups in total. The lowest BCUT2D eigenvalue weighted by molar-refractivity contribution is -0.124. The Morgan fingerprint density at radius 3 is 2.67 bits per heavy atom. The summed E-state index contributed by atoms with van der Waals surface area (Å²) in [6.07, 6.45) is 3.00. The van der Waals surface area contributed by atoms with Gasteiger partial charge in [0.15, 0.2) is 6.61 Å². The van der Waals surface area contributed by atoms with E-state index >= 15 is 0 Å². The molecule has 0 aliphatic rings. The number of nitrogens with one attached hydrogen (secondary N) is 1. The average Bonchev–Trinajstić information content (AvgIpc) is 2.44. The van der Waals surface area contributed by atoms with E-state index in [1.54, 1.807) is 0 Å². The standard InChI is InChI=1S/C14H18Cl2N2O3/c1-2-3-4-5-18-12(19)8-21-14(20)10-6-9(15)7-11(16)13(10)17/h6-7H,2-5,8,17H2,1H3,(H,18,19). The van der Waals surface area contributed by atoms with Crippen LogP contribution in [0.15, 0.2) is 12.1 Å². The zero-order valence-corrected chi connectivity index (χ0v) is 13.3. The summed E-state index contributed by atoms with van der Waals surface area (Å²) in [6, 6.07) is 2.78. The van der Waals surface area contributed by atoms with E-state index in [0.717, 1.165) is 19.3 Å². The molecule has 5 nitrogen and oxygen atoms in total. The predicted octanol–water partition coefficient (Wildman–Crippen LogP) is 3.04. The van der Waals surface area contributed by atoms with E-state index in [2.05, 4.69) is 12.2 Å². The van der Waals surface area contributed by atoms with Crippen molar-refractivity contribution in [3.8, 4) is 0 Å². The Hall–Kier alpha value is -1.46. The first-order valence-corrected chi connectivity index (χ1v) is 7.39. The number of benzene rings is 1. The highest BCUT2D eigenvalue weighted by Gasteiger charge is 2.16. The number of nitrogen functional groups attached to an aromatic ring is 1. The molecular weight excluding hydrogens is 315 g/mol. The fourth-order valence-electron chi connectivity index (χ4n) is 1.62. The van der Waals surface area contributed by atoms with Crippen molar-refractivity contribution in [3.63, 3.8) is 0 Å². The number of anilines is 1. The molecule has 1 aromatic carbocycles. The maximum atomic E-state index is 11.9. The van der Waals surface area contributed by atoms with E-state index in [1.165, 1.54) is 12.1 Å². The summed E-state index contributed by atoms with van der Waals surface area (Å²) in [7, 11) is 0. The van der Waals surface area contributed by atoms with Gasteiger partial charge in [-0.15, -0.1) is 0 Å². The number of ether oxygens (including phenoxy) is 1. The van der Waals surface area contributed by atoms with Crippen LogP contribution in [0.3, 0.4) is 0 Å². The molecule has 0 aromatic heterocycles. The van der Waals surface area contributed by atoms with Crippen LogP contribution in [-0.4, -0.2) is 25.0 Å². The zero-order valence-electron chi connectivity index (χ0n) is 11.7. The van der Waals surface area contributed by atoms with Crippen molar-refractivity contribution in [1.82, 2.24) is 5.32 Å². The van der Waals surface area contributed by atoms with E-state index < -0.39 is 5.97 Å². The molecular formula is C14H18Cl2N2O3. The molecule has 0 heterocycles. The van der Waals surface area contributed by atoms with E-state index in [9.17, 15) is 9.59 Å². The van der Waals surface area contributed by atoms with Crippen LogP contribution >= 0.6 is 23.2 Å². The molecule has 0 aliphatic heterocycles. The number of unbranched alkanes of at least 4 members (excludes halogenated alkanes) is 2. The van der Waals surface area contributed by atoms with Crippen molar-refractivity contribution in [2.24, 2.45) is 0 Å². The fraction of sp³-hybridized carbons (Fsp3) is 0.429. The summed E-state index contributed by atoms with van der Waals surface area (Å²) in [5, 5.41) is 3.10. The number of esters is 1. The van der Waals surface area contributed by atoms with E-state index in [0.29, 0.717) is 6.54 Å². The summed E-state index contributed by atoms with van der Waals surface area (Å²) >= 11 is 11.6. The maximum absolute atomic E-state index is 11.9. The highest BCUT2D eigenvalue weighted by Crippen LogP contribution is 2.27. The van der Waals surface area contributed by atoms with Gasteiger partial charge in [0.05, 0.1) is 16.3 Å². The van der Waals surface area contributed by atoms with E-state index in [4.69, 9.17) is 33.7 Å². The van der Waals surface area contributed by atoms with Gasteiger partial charge >= 0.3 is 5.97 Å². The molecule has 21 heavy (non-hydrogen) atoms. The molecule has 1 rings (SSSR count). The SMILES string of the molecule is CCCCCNC(=O)COC(=O)c1cc(Cl)cc(Cl)c1N. The predicted molar refractivity (Wildman–Crippen MR) is 83.7 cm³/mol. The van der Waals surface area contributed by atoms with Gasteiger partial charge in [-0.05, 0) is 18.6 Å². The molecule has 7 heteroatoms. The summed E-state index contributed by atoms with van der Waals surface area (Å²) < 4.78 is 4.89. The first kappa shape index (κ1) is 17.6. The molecule has 0 atom stereocenters. The van der Waals surface area contributed by atoms with Crippen LogP contribution in [0.1, 0.15) is 36.5 Å². The maximum Gasteiger partial charge on any atom is 0.340 e. The van der Waals surface area contributed by atoms with Crippen molar-refractivity contribution in [2.45, 2.75) is 26.2 Å². The second kappa shape index (κ2) is 8.74. The third-order valence-electron chi connectivity index (χ3n) is 2.75. The van der Waals surface area contributed by atoms with Gasteiger partial charge in [-0.3, -0.25) is 4.79 Å². The van der Waals surface area contributed by atoms with Crippen LogP contribution in [0.2, 0.25) is 10.0 Å². The van der Waals surface area contributed by atoms with Gasteiger partial charge in [0.1, 0.15) is 0 Å². The molecule has 1 amide bonds. The molecule has 0 radical (unpaired) electrons. The summed E-state index contributed by atoms with van der Waals surface area (Å²) in [4.78, 5) is 23.3. The fourth-order valence-corrected chi connectivity index (χ4v) is 2.11. The lowest BCUT2D eigenvalue weighted by Gasteiger charge is -2.09. The zero-order chi connectivity index (χ0) is 15.8. The minimum Gasteiger partial charge on any atom is -0.452 e. The van der Waals surface area contributed by atoms with Crippen molar-refractivity contribution < 1.29 is 14.3 Å². The number of carbonyl (C=O) groups excluding carboxylic acids is 2. The normalized spacial score (nSPS) is 10.2. The molecule has 0 aliphatic carbocycles. The van der Waals surface area contributed by atoms with Gasteiger partial charge in [0.2, 0.25) is 0 Å². The van der Waals surface area contributed by atoms with Crippen LogP contribution in [0.25, 0.3) is 0 Å². The Morgan fingerprint density at radius 2 is 2.00 bits per heavy atom. The van der Waals surface area contributed by atoms with Gasteiger partial charge in [-0.2, -0.15) is 0 Å². The quantitative estimate of drug-likeness (QED) is 0.456. The highest BCUT2D eigenvalue weighted by atomic mass is 35.5. The molecule has 0 unspecified atom stereocenters. The Balaban J connectivity index is 2.49. The van der Waals surface area contributed by atoms with Gasteiger partial charge in [-0.25, -0.2) is 4.79 Å². The number of halogens is 2. The van der Waals surface area contributed by atoms with Crippen molar-refractivity contribution >= 4 is 40.8 Å².